The normalized spacial score (nSPS) is 16.5. The second-order valence-corrected chi connectivity index (χ2v) is 8.93. The van der Waals surface area contributed by atoms with Crippen LogP contribution in [-0.2, 0) is 16.0 Å². The van der Waals surface area contributed by atoms with Crippen molar-refractivity contribution in [3.63, 3.8) is 0 Å². The van der Waals surface area contributed by atoms with Crippen molar-refractivity contribution < 1.29 is 19.4 Å². The van der Waals surface area contributed by atoms with Crippen LogP contribution >= 0.6 is 11.3 Å². The minimum atomic E-state index is -0.693. The van der Waals surface area contributed by atoms with Crippen LogP contribution in [0.25, 0.3) is 0 Å². The summed E-state index contributed by atoms with van der Waals surface area (Å²) in [5, 5.41) is 12.3. The average molecular weight is 457 g/mol. The quantitative estimate of drug-likeness (QED) is 0.416. The van der Waals surface area contributed by atoms with Gasteiger partial charge < -0.3 is 19.5 Å². The maximum absolute atomic E-state index is 13.3. The number of ether oxygens (including phenoxy) is 2. The molecule has 0 saturated heterocycles. The van der Waals surface area contributed by atoms with Crippen LogP contribution in [0.2, 0.25) is 0 Å². The Balaban J connectivity index is 1.66. The topological polar surface area (TPSA) is 62.2 Å². The van der Waals surface area contributed by atoms with Crippen LogP contribution in [0.4, 0.5) is 0 Å². The summed E-state index contributed by atoms with van der Waals surface area (Å²) in [4.78, 5) is 18.5. The Morgan fingerprint density at radius 1 is 1.41 bits per heavy atom. The summed E-state index contributed by atoms with van der Waals surface area (Å²) in [5.74, 6) is 3.27. The monoisotopic (exact) mass is 456 g/mol. The van der Waals surface area contributed by atoms with Gasteiger partial charge in [-0.05, 0) is 48.5 Å². The lowest BCUT2D eigenvalue weighted by atomic mass is 10.0. The molecule has 0 fully saturated rings. The molecule has 1 aliphatic heterocycles. The first-order chi connectivity index (χ1) is 15.5. The summed E-state index contributed by atoms with van der Waals surface area (Å²) < 4.78 is 11.4. The van der Waals surface area contributed by atoms with Crippen LogP contribution in [-0.4, -0.2) is 72.9 Å². The zero-order valence-electron chi connectivity index (χ0n) is 18.8. The van der Waals surface area contributed by atoms with Gasteiger partial charge in [0.15, 0.2) is 0 Å². The van der Waals surface area contributed by atoms with Gasteiger partial charge in [-0.2, -0.15) is 0 Å². The third-order valence-electron chi connectivity index (χ3n) is 5.68. The molecular formula is C25H32N2O4S. The van der Waals surface area contributed by atoms with Gasteiger partial charge in [0.2, 0.25) is 5.91 Å². The number of aliphatic hydroxyl groups is 1. The van der Waals surface area contributed by atoms with Crippen molar-refractivity contribution in [3.05, 3.63) is 51.7 Å². The van der Waals surface area contributed by atoms with Gasteiger partial charge in [0, 0.05) is 18.0 Å². The second-order valence-electron chi connectivity index (χ2n) is 7.93. The van der Waals surface area contributed by atoms with Gasteiger partial charge in [-0.25, -0.2) is 0 Å². The van der Waals surface area contributed by atoms with E-state index >= 15 is 0 Å². The fourth-order valence-corrected chi connectivity index (χ4v) is 4.88. The van der Waals surface area contributed by atoms with E-state index in [2.05, 4.69) is 17.4 Å². The van der Waals surface area contributed by atoms with Gasteiger partial charge >= 0.3 is 0 Å². The number of carbonyl (C=O) groups is 1. The van der Waals surface area contributed by atoms with E-state index < -0.39 is 6.10 Å². The highest BCUT2D eigenvalue weighted by Crippen LogP contribution is 2.34. The molecule has 32 heavy (non-hydrogen) atoms. The SMILES string of the molecule is C#CCOCC(O)CN(CC)CC(=O)N1CCc2sccc2C1COc1ccccc1C. The maximum atomic E-state index is 13.3. The number of aryl methyl sites for hydroxylation is 1. The van der Waals surface area contributed by atoms with E-state index in [4.69, 9.17) is 15.9 Å². The summed E-state index contributed by atoms with van der Waals surface area (Å²) >= 11 is 1.74. The van der Waals surface area contributed by atoms with Gasteiger partial charge in [0.25, 0.3) is 0 Å². The summed E-state index contributed by atoms with van der Waals surface area (Å²) in [6.45, 7) is 6.65. The molecular weight excluding hydrogens is 424 g/mol. The number of likely N-dealkylation sites (N-methyl/N-ethyl adjacent to an activating group) is 1. The number of benzene rings is 1. The Labute approximate surface area is 194 Å². The minimum absolute atomic E-state index is 0.0406. The maximum Gasteiger partial charge on any atom is 0.237 e. The molecule has 0 bridgehead atoms. The lowest BCUT2D eigenvalue weighted by molar-refractivity contribution is -0.136. The zero-order chi connectivity index (χ0) is 22.9. The van der Waals surface area contributed by atoms with Crippen LogP contribution in [0.15, 0.2) is 35.7 Å². The molecule has 2 aromatic rings. The Kier molecular flexibility index (Phi) is 9.12. The van der Waals surface area contributed by atoms with Crippen molar-refractivity contribution in [2.24, 2.45) is 0 Å². The molecule has 0 radical (unpaired) electrons. The molecule has 0 saturated carbocycles. The molecule has 1 N–H and O–H groups in total. The van der Waals surface area contributed by atoms with Gasteiger partial charge in [-0.3, -0.25) is 9.69 Å². The van der Waals surface area contributed by atoms with E-state index in [1.807, 2.05) is 47.9 Å². The smallest absolute Gasteiger partial charge is 0.237 e. The van der Waals surface area contributed by atoms with Crippen LogP contribution in [0.1, 0.15) is 29.0 Å². The molecule has 1 amide bonds. The Morgan fingerprint density at radius 2 is 2.22 bits per heavy atom. The lowest BCUT2D eigenvalue weighted by Gasteiger charge is -2.37. The first kappa shape index (κ1) is 24.3. The number of nitrogens with zero attached hydrogens (tertiary/aromatic N) is 2. The van der Waals surface area contributed by atoms with Gasteiger partial charge in [-0.1, -0.05) is 31.0 Å². The summed E-state index contributed by atoms with van der Waals surface area (Å²) in [7, 11) is 0. The zero-order valence-corrected chi connectivity index (χ0v) is 19.6. The van der Waals surface area contributed by atoms with E-state index in [1.54, 1.807) is 11.3 Å². The number of terminal acetylenes is 1. The summed E-state index contributed by atoms with van der Waals surface area (Å²) in [6, 6.07) is 9.91. The number of rotatable bonds is 11. The highest BCUT2D eigenvalue weighted by Gasteiger charge is 2.33. The van der Waals surface area contributed by atoms with Crippen molar-refractivity contribution in [2.45, 2.75) is 32.4 Å². The highest BCUT2D eigenvalue weighted by atomic mass is 32.1. The van der Waals surface area contributed by atoms with E-state index in [1.165, 1.54) is 10.4 Å². The highest BCUT2D eigenvalue weighted by molar-refractivity contribution is 7.10. The first-order valence-electron chi connectivity index (χ1n) is 11.0. The molecule has 3 rings (SSSR count). The summed E-state index contributed by atoms with van der Waals surface area (Å²) in [5.41, 5.74) is 2.25. The third kappa shape index (κ3) is 6.33. The number of thiophene rings is 1. The fraction of sp³-hybridized carbons (Fsp3) is 0.480. The molecule has 0 spiro atoms. The fourth-order valence-electron chi connectivity index (χ4n) is 3.95. The largest absolute Gasteiger partial charge is 0.491 e. The number of hydrogen-bond acceptors (Lipinski definition) is 6. The van der Waals surface area contributed by atoms with Crippen molar-refractivity contribution in [1.82, 2.24) is 9.80 Å². The number of hydrogen-bond donors (Lipinski definition) is 1. The Morgan fingerprint density at radius 3 is 2.97 bits per heavy atom. The van der Waals surface area contributed by atoms with Crippen LogP contribution < -0.4 is 4.74 Å². The van der Waals surface area contributed by atoms with Crippen LogP contribution in [0.5, 0.6) is 5.75 Å². The van der Waals surface area contributed by atoms with E-state index in [0.717, 1.165) is 17.7 Å². The predicted molar refractivity (Wildman–Crippen MR) is 127 cm³/mol. The molecule has 0 aliphatic carbocycles. The predicted octanol–water partition coefficient (Wildman–Crippen LogP) is 2.89. The first-order valence-corrected chi connectivity index (χ1v) is 11.9. The molecule has 1 aromatic carbocycles. The average Bonchev–Trinajstić information content (AvgIpc) is 3.27. The van der Waals surface area contributed by atoms with Gasteiger partial charge in [-0.15, -0.1) is 17.8 Å². The number of carbonyl (C=O) groups excluding carboxylic acids is 1. The molecule has 1 aromatic heterocycles. The number of aliphatic hydroxyl groups excluding tert-OH is 1. The van der Waals surface area contributed by atoms with E-state index in [-0.39, 0.29) is 31.7 Å². The van der Waals surface area contributed by atoms with Crippen LogP contribution in [0, 0.1) is 19.3 Å². The molecule has 7 heteroatoms. The Bertz CT molecular complexity index is 923. The van der Waals surface area contributed by atoms with Gasteiger partial charge in [0.1, 0.15) is 19.0 Å². The van der Waals surface area contributed by atoms with Crippen molar-refractivity contribution in [1.29, 1.82) is 0 Å². The lowest BCUT2D eigenvalue weighted by Crippen LogP contribution is -2.48. The molecule has 2 heterocycles. The molecule has 2 atom stereocenters. The molecule has 1 aliphatic rings. The standard InChI is InChI=1S/C25H32N2O4S/c1-4-13-30-17-20(28)15-26(5-2)16-25(29)27-12-10-24-21(11-14-32-24)22(27)18-31-23-9-7-6-8-19(23)3/h1,6-9,11,14,20,22,28H,5,10,12-13,15-18H2,2-3H3. The molecule has 6 nitrogen and oxygen atoms in total. The van der Waals surface area contributed by atoms with Crippen molar-refractivity contribution >= 4 is 17.2 Å². The molecule has 2 unspecified atom stereocenters. The van der Waals surface area contributed by atoms with Crippen molar-refractivity contribution in [2.75, 3.05) is 46.0 Å². The number of fused-ring (bicyclic) bond motifs is 1. The molecule has 172 valence electrons. The minimum Gasteiger partial charge on any atom is -0.491 e. The van der Waals surface area contributed by atoms with Crippen molar-refractivity contribution in [3.8, 4) is 18.1 Å². The van der Waals surface area contributed by atoms with Crippen LogP contribution in [0.3, 0.4) is 0 Å². The number of amides is 1. The van der Waals surface area contributed by atoms with Gasteiger partial charge in [0.05, 0.1) is 25.3 Å². The van der Waals surface area contributed by atoms with E-state index in [0.29, 0.717) is 26.2 Å². The second kappa shape index (κ2) is 12.0. The third-order valence-corrected chi connectivity index (χ3v) is 6.67. The van der Waals surface area contributed by atoms with E-state index in [9.17, 15) is 9.90 Å². The summed E-state index contributed by atoms with van der Waals surface area (Å²) in [6.07, 6.45) is 5.34. The Hall–Kier alpha value is -2.37. The number of para-hydroxylation sites is 1.